The van der Waals surface area contributed by atoms with Gasteiger partial charge in [0.2, 0.25) is 11.8 Å². The Morgan fingerprint density at radius 2 is 1.92 bits per heavy atom. The van der Waals surface area contributed by atoms with Gasteiger partial charge in [0.15, 0.2) is 0 Å². The monoisotopic (exact) mass is 377 g/mol. The fraction of sp³-hybridized carbons (Fsp3) is 0.526. The van der Waals surface area contributed by atoms with Crippen LogP contribution in [0.1, 0.15) is 40.0 Å². The first-order valence-corrected chi connectivity index (χ1v) is 9.86. The van der Waals surface area contributed by atoms with Gasteiger partial charge in [0.25, 0.3) is 5.22 Å². The summed E-state index contributed by atoms with van der Waals surface area (Å²) in [7, 11) is 1.62. The lowest BCUT2D eigenvalue weighted by atomic mass is 10.0. The van der Waals surface area contributed by atoms with Crippen LogP contribution >= 0.6 is 11.8 Å². The third-order valence-corrected chi connectivity index (χ3v) is 4.71. The largest absolute Gasteiger partial charge is 0.497 e. The standard InChI is InChI=1S/C19H27N3O3S/c1-13(2)6-5-7-14(3)20-17(23)12-26-19-22-21-18(25-19)15-8-10-16(24-4)11-9-15/h8-11,13-14H,5-7,12H2,1-4H3,(H,20,23). The highest BCUT2D eigenvalue weighted by Crippen LogP contribution is 2.24. The minimum atomic E-state index is -0.0174. The first kappa shape index (κ1) is 20.3. The maximum absolute atomic E-state index is 12.0. The highest BCUT2D eigenvalue weighted by atomic mass is 32.2. The first-order valence-electron chi connectivity index (χ1n) is 8.88. The van der Waals surface area contributed by atoms with E-state index in [1.165, 1.54) is 18.2 Å². The van der Waals surface area contributed by atoms with Crippen molar-refractivity contribution in [2.45, 2.75) is 51.3 Å². The maximum Gasteiger partial charge on any atom is 0.277 e. The Balaban J connectivity index is 1.77. The van der Waals surface area contributed by atoms with Gasteiger partial charge in [0.05, 0.1) is 12.9 Å². The number of amides is 1. The third-order valence-electron chi connectivity index (χ3n) is 3.90. The van der Waals surface area contributed by atoms with E-state index in [1.807, 2.05) is 31.2 Å². The van der Waals surface area contributed by atoms with Gasteiger partial charge in [-0.05, 0) is 43.5 Å². The summed E-state index contributed by atoms with van der Waals surface area (Å²) in [6.07, 6.45) is 3.31. The summed E-state index contributed by atoms with van der Waals surface area (Å²) in [5, 5.41) is 11.4. The molecule has 1 N–H and O–H groups in total. The minimum Gasteiger partial charge on any atom is -0.497 e. The number of carbonyl (C=O) groups excluding carboxylic acids is 1. The van der Waals surface area contributed by atoms with Gasteiger partial charge in [-0.1, -0.05) is 38.5 Å². The number of nitrogens with zero attached hydrogens (tertiary/aromatic N) is 2. The Bertz CT molecular complexity index is 686. The molecule has 2 aromatic rings. The van der Waals surface area contributed by atoms with Gasteiger partial charge in [-0.3, -0.25) is 4.79 Å². The van der Waals surface area contributed by atoms with Crippen molar-refractivity contribution in [3.8, 4) is 17.2 Å². The molecule has 0 radical (unpaired) electrons. The van der Waals surface area contributed by atoms with Gasteiger partial charge in [-0.25, -0.2) is 0 Å². The molecule has 1 aromatic carbocycles. The molecule has 1 heterocycles. The number of thioether (sulfide) groups is 1. The van der Waals surface area contributed by atoms with E-state index in [4.69, 9.17) is 9.15 Å². The molecule has 0 aliphatic rings. The molecule has 142 valence electrons. The van der Waals surface area contributed by atoms with E-state index in [0.717, 1.165) is 24.2 Å². The summed E-state index contributed by atoms with van der Waals surface area (Å²) < 4.78 is 10.7. The summed E-state index contributed by atoms with van der Waals surface area (Å²) in [4.78, 5) is 12.0. The van der Waals surface area contributed by atoms with Crippen molar-refractivity contribution in [3.05, 3.63) is 24.3 Å². The molecule has 0 saturated carbocycles. The Kier molecular flexibility index (Phi) is 7.97. The predicted molar refractivity (Wildman–Crippen MR) is 103 cm³/mol. The predicted octanol–water partition coefficient (Wildman–Crippen LogP) is 4.17. The minimum absolute atomic E-state index is 0.0174. The van der Waals surface area contributed by atoms with Gasteiger partial charge in [0.1, 0.15) is 5.75 Å². The summed E-state index contributed by atoms with van der Waals surface area (Å²) in [6.45, 7) is 6.46. The lowest BCUT2D eigenvalue weighted by molar-refractivity contribution is -0.119. The quantitative estimate of drug-likeness (QED) is 0.626. The average Bonchev–Trinajstić information content (AvgIpc) is 3.08. The number of methoxy groups -OCH3 is 1. The highest BCUT2D eigenvalue weighted by molar-refractivity contribution is 7.99. The smallest absolute Gasteiger partial charge is 0.277 e. The van der Waals surface area contributed by atoms with Gasteiger partial charge in [-0.2, -0.15) is 0 Å². The molecule has 0 fully saturated rings. The molecule has 1 aromatic heterocycles. The van der Waals surface area contributed by atoms with E-state index in [9.17, 15) is 4.79 Å². The van der Waals surface area contributed by atoms with Crippen molar-refractivity contribution >= 4 is 17.7 Å². The second kappa shape index (κ2) is 10.2. The van der Waals surface area contributed by atoms with Crippen LogP contribution in [0, 0.1) is 5.92 Å². The topological polar surface area (TPSA) is 77.2 Å². The molecule has 0 aliphatic carbocycles. The van der Waals surface area contributed by atoms with Crippen LogP contribution in [0.3, 0.4) is 0 Å². The van der Waals surface area contributed by atoms with E-state index in [1.54, 1.807) is 7.11 Å². The van der Waals surface area contributed by atoms with Crippen LogP contribution in [0.2, 0.25) is 0 Å². The van der Waals surface area contributed by atoms with Crippen LogP contribution in [-0.4, -0.2) is 35.0 Å². The maximum atomic E-state index is 12.0. The highest BCUT2D eigenvalue weighted by Gasteiger charge is 2.13. The third kappa shape index (κ3) is 6.71. The molecule has 7 heteroatoms. The molecule has 0 aliphatic heterocycles. The van der Waals surface area contributed by atoms with Crippen molar-refractivity contribution in [2.24, 2.45) is 5.92 Å². The Labute approximate surface area is 159 Å². The van der Waals surface area contributed by atoms with Crippen molar-refractivity contribution in [3.63, 3.8) is 0 Å². The van der Waals surface area contributed by atoms with Crippen LogP contribution in [0.4, 0.5) is 0 Å². The molecule has 1 unspecified atom stereocenters. The van der Waals surface area contributed by atoms with Crippen molar-refractivity contribution in [2.75, 3.05) is 12.9 Å². The van der Waals surface area contributed by atoms with Crippen LogP contribution in [0.15, 0.2) is 33.9 Å². The van der Waals surface area contributed by atoms with E-state index >= 15 is 0 Å². The molecular weight excluding hydrogens is 350 g/mol. The number of nitrogens with one attached hydrogen (secondary N) is 1. The molecule has 2 rings (SSSR count). The molecule has 0 spiro atoms. The van der Waals surface area contributed by atoms with Crippen molar-refractivity contribution in [1.82, 2.24) is 15.5 Å². The number of hydrogen-bond acceptors (Lipinski definition) is 6. The van der Waals surface area contributed by atoms with Gasteiger partial charge < -0.3 is 14.5 Å². The van der Waals surface area contributed by atoms with Gasteiger partial charge >= 0.3 is 0 Å². The van der Waals surface area contributed by atoms with Gasteiger partial charge in [-0.15, -0.1) is 10.2 Å². The second-order valence-corrected chi connectivity index (χ2v) is 7.61. The molecular formula is C19H27N3O3S. The molecule has 0 saturated heterocycles. The molecule has 0 bridgehead atoms. The number of carbonyl (C=O) groups is 1. The zero-order valence-electron chi connectivity index (χ0n) is 15.8. The summed E-state index contributed by atoms with van der Waals surface area (Å²) in [5.41, 5.74) is 0.813. The Morgan fingerprint density at radius 3 is 2.58 bits per heavy atom. The van der Waals surface area contributed by atoms with Crippen LogP contribution in [0.25, 0.3) is 11.5 Å². The van der Waals surface area contributed by atoms with Crippen LogP contribution < -0.4 is 10.1 Å². The van der Waals surface area contributed by atoms with Crippen molar-refractivity contribution in [1.29, 1.82) is 0 Å². The van der Waals surface area contributed by atoms with Gasteiger partial charge in [0, 0.05) is 11.6 Å². The summed E-state index contributed by atoms with van der Waals surface area (Å²) >= 11 is 1.25. The van der Waals surface area contributed by atoms with E-state index in [2.05, 4.69) is 29.4 Å². The van der Waals surface area contributed by atoms with Crippen LogP contribution in [0.5, 0.6) is 5.75 Å². The average molecular weight is 378 g/mol. The molecule has 1 atom stereocenters. The zero-order valence-corrected chi connectivity index (χ0v) is 16.6. The number of aromatic nitrogens is 2. The normalized spacial score (nSPS) is 12.2. The van der Waals surface area contributed by atoms with E-state index in [0.29, 0.717) is 17.0 Å². The molecule has 1 amide bonds. The summed E-state index contributed by atoms with van der Waals surface area (Å²) in [5.74, 6) is 2.14. The fourth-order valence-electron chi connectivity index (χ4n) is 2.47. The lowest BCUT2D eigenvalue weighted by Gasteiger charge is -2.14. The lowest BCUT2D eigenvalue weighted by Crippen LogP contribution is -2.33. The zero-order chi connectivity index (χ0) is 18.9. The Morgan fingerprint density at radius 1 is 1.19 bits per heavy atom. The van der Waals surface area contributed by atoms with E-state index < -0.39 is 0 Å². The number of benzene rings is 1. The fourth-order valence-corrected chi connectivity index (χ4v) is 3.04. The number of hydrogen-bond donors (Lipinski definition) is 1. The van der Waals surface area contributed by atoms with Crippen LogP contribution in [-0.2, 0) is 4.79 Å². The van der Waals surface area contributed by atoms with Crippen molar-refractivity contribution < 1.29 is 13.9 Å². The molecule has 26 heavy (non-hydrogen) atoms. The summed E-state index contributed by atoms with van der Waals surface area (Å²) in [6, 6.07) is 7.55. The number of rotatable bonds is 10. The Hall–Kier alpha value is -2.02. The SMILES string of the molecule is COc1ccc(-c2nnc(SCC(=O)NC(C)CCCC(C)C)o2)cc1. The second-order valence-electron chi connectivity index (χ2n) is 6.68. The van der Waals surface area contributed by atoms with E-state index in [-0.39, 0.29) is 17.7 Å². The molecule has 6 nitrogen and oxygen atoms in total. The number of ether oxygens (including phenoxy) is 1. The first-order chi connectivity index (χ1) is 12.5.